The summed E-state index contributed by atoms with van der Waals surface area (Å²) >= 11 is 8.59. The number of rotatable bonds is 6. The molecule has 20 heavy (non-hydrogen) atoms. The average Bonchev–Trinajstić information content (AvgIpc) is 2.90. The fourth-order valence-electron chi connectivity index (χ4n) is 1.54. The lowest BCUT2D eigenvalue weighted by Crippen LogP contribution is -2.29. The topological polar surface area (TPSA) is 49.3 Å². The molecule has 2 aromatic rings. The Morgan fingerprint density at radius 1 is 1.30 bits per heavy atom. The minimum atomic E-state index is -0.710. The molecule has 0 aliphatic heterocycles. The van der Waals surface area contributed by atoms with Crippen molar-refractivity contribution in [1.82, 2.24) is 5.32 Å². The van der Waals surface area contributed by atoms with E-state index >= 15 is 0 Å². The number of benzene rings is 1. The maximum atomic E-state index is 11.7. The normalized spacial score (nSPS) is 12.1. The maximum Gasteiger partial charge on any atom is 0.230 e. The van der Waals surface area contributed by atoms with Gasteiger partial charge in [0, 0.05) is 16.3 Å². The average molecular weight is 328 g/mol. The minimum absolute atomic E-state index is 0.0967. The summed E-state index contributed by atoms with van der Waals surface area (Å²) in [5.74, 6) is 0.239. The second-order valence-corrected chi connectivity index (χ2v) is 6.86. The Kier molecular flexibility index (Phi) is 5.91. The van der Waals surface area contributed by atoms with Crippen molar-refractivity contribution in [3.63, 3.8) is 0 Å². The highest BCUT2D eigenvalue weighted by Crippen LogP contribution is 2.26. The number of thiophene rings is 1. The van der Waals surface area contributed by atoms with E-state index in [1.165, 1.54) is 23.1 Å². The summed E-state index contributed by atoms with van der Waals surface area (Å²) in [5.41, 5.74) is 0. The highest BCUT2D eigenvalue weighted by molar-refractivity contribution is 8.00. The molecular weight excluding hydrogens is 314 g/mol. The quantitative estimate of drug-likeness (QED) is 0.800. The molecule has 1 atom stereocenters. The van der Waals surface area contributed by atoms with Crippen LogP contribution in [0.5, 0.6) is 0 Å². The third-order valence-corrected chi connectivity index (χ3v) is 4.87. The molecule has 0 unspecified atom stereocenters. The highest BCUT2D eigenvalue weighted by atomic mass is 35.5. The molecule has 0 radical (unpaired) electrons. The number of carbonyl (C=O) groups is 1. The molecule has 2 rings (SSSR count). The summed E-state index contributed by atoms with van der Waals surface area (Å²) in [7, 11) is 0. The van der Waals surface area contributed by atoms with Crippen LogP contribution in [-0.2, 0) is 4.79 Å². The van der Waals surface area contributed by atoms with Gasteiger partial charge >= 0.3 is 0 Å². The number of amides is 1. The van der Waals surface area contributed by atoms with Gasteiger partial charge in [-0.3, -0.25) is 4.79 Å². The van der Waals surface area contributed by atoms with Crippen molar-refractivity contribution in [2.24, 2.45) is 0 Å². The van der Waals surface area contributed by atoms with Gasteiger partial charge in [-0.25, -0.2) is 0 Å². The second-order valence-electron chi connectivity index (χ2n) is 4.06. The number of carbonyl (C=O) groups excluding carboxylic acids is 1. The van der Waals surface area contributed by atoms with Crippen LogP contribution in [-0.4, -0.2) is 23.3 Å². The first-order valence-corrected chi connectivity index (χ1v) is 8.21. The summed E-state index contributed by atoms with van der Waals surface area (Å²) in [5, 5.41) is 12.6. The van der Waals surface area contributed by atoms with E-state index < -0.39 is 6.10 Å². The van der Waals surface area contributed by atoms with Gasteiger partial charge in [-0.2, -0.15) is 0 Å². The van der Waals surface area contributed by atoms with Crippen LogP contribution in [0.25, 0.3) is 0 Å². The molecule has 1 aromatic carbocycles. The van der Waals surface area contributed by atoms with Crippen LogP contribution in [0.2, 0.25) is 4.34 Å². The minimum Gasteiger partial charge on any atom is -0.386 e. The fourth-order valence-corrected chi connectivity index (χ4v) is 3.33. The van der Waals surface area contributed by atoms with E-state index in [2.05, 4.69) is 5.32 Å². The molecule has 0 spiro atoms. The van der Waals surface area contributed by atoms with E-state index in [-0.39, 0.29) is 12.5 Å². The van der Waals surface area contributed by atoms with Gasteiger partial charge in [-0.15, -0.1) is 23.1 Å². The van der Waals surface area contributed by atoms with Crippen molar-refractivity contribution in [1.29, 1.82) is 0 Å². The van der Waals surface area contributed by atoms with E-state index in [9.17, 15) is 9.90 Å². The molecule has 1 amide bonds. The predicted molar refractivity (Wildman–Crippen MR) is 84.5 cm³/mol. The Morgan fingerprint density at radius 2 is 2.05 bits per heavy atom. The van der Waals surface area contributed by atoms with Gasteiger partial charge in [-0.1, -0.05) is 29.8 Å². The zero-order chi connectivity index (χ0) is 14.4. The molecular formula is C14H14ClNO2S2. The molecule has 0 saturated carbocycles. The van der Waals surface area contributed by atoms with Gasteiger partial charge in [0.1, 0.15) is 6.10 Å². The van der Waals surface area contributed by atoms with Crippen molar-refractivity contribution in [2.45, 2.75) is 11.0 Å². The van der Waals surface area contributed by atoms with Gasteiger partial charge < -0.3 is 10.4 Å². The first-order chi connectivity index (χ1) is 9.65. The lowest BCUT2D eigenvalue weighted by atomic mass is 10.3. The number of thioether (sulfide) groups is 1. The number of nitrogens with one attached hydrogen (secondary N) is 1. The summed E-state index contributed by atoms with van der Waals surface area (Å²) in [6.07, 6.45) is -0.710. The van der Waals surface area contributed by atoms with Gasteiger partial charge in [0.15, 0.2) is 0 Å². The summed E-state index contributed by atoms with van der Waals surface area (Å²) in [4.78, 5) is 13.5. The molecule has 0 fully saturated rings. The molecule has 0 aliphatic rings. The third kappa shape index (κ3) is 4.83. The van der Waals surface area contributed by atoms with Crippen LogP contribution in [0.1, 0.15) is 11.0 Å². The van der Waals surface area contributed by atoms with Gasteiger partial charge in [0.25, 0.3) is 0 Å². The summed E-state index contributed by atoms with van der Waals surface area (Å²) < 4.78 is 0.630. The Hall–Kier alpha value is -1.01. The molecule has 3 nitrogen and oxygen atoms in total. The molecule has 1 heterocycles. The Labute approximate surface area is 131 Å². The number of aliphatic hydroxyl groups excluding tert-OH is 1. The maximum absolute atomic E-state index is 11.7. The Bertz CT molecular complexity index is 559. The second kappa shape index (κ2) is 7.69. The lowest BCUT2D eigenvalue weighted by molar-refractivity contribution is -0.119. The largest absolute Gasteiger partial charge is 0.386 e. The fraction of sp³-hybridized carbons (Fsp3) is 0.214. The van der Waals surface area contributed by atoms with Crippen molar-refractivity contribution in [3.8, 4) is 0 Å². The Balaban J connectivity index is 1.72. The van der Waals surface area contributed by atoms with Crippen molar-refractivity contribution in [2.75, 3.05) is 12.3 Å². The van der Waals surface area contributed by atoms with Crippen LogP contribution in [0.3, 0.4) is 0 Å². The zero-order valence-electron chi connectivity index (χ0n) is 10.6. The summed E-state index contributed by atoms with van der Waals surface area (Å²) in [6, 6.07) is 13.2. The van der Waals surface area contributed by atoms with Crippen LogP contribution < -0.4 is 5.32 Å². The zero-order valence-corrected chi connectivity index (χ0v) is 13.0. The third-order valence-electron chi connectivity index (χ3n) is 2.53. The van der Waals surface area contributed by atoms with Gasteiger partial charge in [0.2, 0.25) is 5.91 Å². The van der Waals surface area contributed by atoms with Crippen LogP contribution >= 0.6 is 34.7 Å². The van der Waals surface area contributed by atoms with Gasteiger partial charge in [0.05, 0.1) is 10.1 Å². The molecule has 0 saturated heterocycles. The molecule has 1 aromatic heterocycles. The number of hydrogen-bond donors (Lipinski definition) is 2. The monoisotopic (exact) mass is 327 g/mol. The van der Waals surface area contributed by atoms with E-state index in [0.29, 0.717) is 10.1 Å². The lowest BCUT2D eigenvalue weighted by Gasteiger charge is -2.10. The molecule has 2 N–H and O–H groups in total. The first kappa shape index (κ1) is 15.4. The Morgan fingerprint density at radius 3 is 2.70 bits per heavy atom. The molecule has 0 aliphatic carbocycles. The van der Waals surface area contributed by atoms with E-state index in [1.807, 2.05) is 30.3 Å². The molecule has 0 bridgehead atoms. The van der Waals surface area contributed by atoms with Crippen LogP contribution in [0.4, 0.5) is 0 Å². The SMILES string of the molecule is O=C(CSc1ccccc1)NC[C@@H](O)c1ccc(Cl)s1. The molecule has 6 heteroatoms. The number of halogens is 1. The number of hydrogen-bond acceptors (Lipinski definition) is 4. The molecule has 106 valence electrons. The highest BCUT2D eigenvalue weighted by Gasteiger charge is 2.11. The first-order valence-electron chi connectivity index (χ1n) is 6.03. The number of aliphatic hydroxyl groups is 1. The van der Waals surface area contributed by atoms with E-state index in [0.717, 1.165) is 9.77 Å². The smallest absolute Gasteiger partial charge is 0.230 e. The van der Waals surface area contributed by atoms with Crippen molar-refractivity contribution >= 4 is 40.6 Å². The predicted octanol–water partition coefficient (Wildman–Crippen LogP) is 3.34. The van der Waals surface area contributed by atoms with E-state index in [4.69, 9.17) is 11.6 Å². The standard InChI is InChI=1S/C14H14ClNO2S2/c15-13-7-6-12(20-13)11(17)8-16-14(18)9-19-10-4-2-1-3-5-10/h1-7,11,17H,8-9H2,(H,16,18)/t11-/m1/s1. The summed E-state index contributed by atoms with van der Waals surface area (Å²) in [6.45, 7) is 0.199. The van der Waals surface area contributed by atoms with Gasteiger partial charge in [-0.05, 0) is 24.3 Å². The van der Waals surface area contributed by atoms with Crippen LogP contribution in [0.15, 0.2) is 47.4 Å². The van der Waals surface area contributed by atoms with Crippen molar-refractivity contribution in [3.05, 3.63) is 51.7 Å². The van der Waals surface area contributed by atoms with E-state index in [1.54, 1.807) is 12.1 Å². The van der Waals surface area contributed by atoms with Crippen LogP contribution in [0, 0.1) is 0 Å². The van der Waals surface area contributed by atoms with Crippen molar-refractivity contribution < 1.29 is 9.90 Å².